The van der Waals surface area contributed by atoms with Gasteiger partial charge in [-0.2, -0.15) is 5.90 Å². The van der Waals surface area contributed by atoms with Crippen LogP contribution >= 0.6 is 0 Å². The van der Waals surface area contributed by atoms with Crippen LogP contribution in [0, 0.1) is 10.8 Å². The molecule has 5 aliphatic rings. The minimum atomic E-state index is -0.641. The molecule has 14 heteroatoms. The van der Waals surface area contributed by atoms with Crippen LogP contribution in [0.1, 0.15) is 96.8 Å². The van der Waals surface area contributed by atoms with Crippen LogP contribution in [0.15, 0.2) is 128 Å². The molecule has 14 nitrogen and oxygen atoms in total. The van der Waals surface area contributed by atoms with E-state index in [1.807, 2.05) is 24.6 Å². The van der Waals surface area contributed by atoms with Crippen molar-refractivity contribution in [3.05, 3.63) is 124 Å². The molecule has 336 valence electrons. The lowest BCUT2D eigenvalue weighted by Gasteiger charge is -2.34. The maximum atomic E-state index is 13.3. The Hall–Kier alpha value is -5.83. The van der Waals surface area contributed by atoms with E-state index in [4.69, 9.17) is 30.3 Å². The number of allylic oxidation sites excluding steroid dienone is 7. The number of ether oxygens (including phenoxy) is 1. The fraction of sp³-hybridized carbons (Fsp3) is 0.449. The summed E-state index contributed by atoms with van der Waals surface area (Å²) in [5.74, 6) is 6.16. The first-order valence-electron chi connectivity index (χ1n) is 21.8. The molecule has 0 saturated carbocycles. The van der Waals surface area contributed by atoms with E-state index in [1.165, 1.54) is 24.3 Å². The van der Waals surface area contributed by atoms with Gasteiger partial charge in [-0.15, -0.1) is 0 Å². The highest BCUT2D eigenvalue weighted by Gasteiger charge is 2.44. The second-order valence-electron chi connectivity index (χ2n) is 17.3. The van der Waals surface area contributed by atoms with Gasteiger partial charge in [0.1, 0.15) is 23.5 Å². The Balaban J connectivity index is 1.40. The lowest BCUT2D eigenvalue weighted by atomic mass is 9.78. The number of hydrogen-bond donors (Lipinski definition) is 1. The van der Waals surface area contributed by atoms with Gasteiger partial charge in [-0.05, 0) is 97.4 Å². The molecule has 1 aromatic carbocycles. The van der Waals surface area contributed by atoms with Gasteiger partial charge in [0.25, 0.3) is 11.8 Å². The average molecular weight is 862 g/mol. The van der Waals surface area contributed by atoms with Crippen LogP contribution in [0.3, 0.4) is 0 Å². The van der Waals surface area contributed by atoms with Gasteiger partial charge < -0.3 is 19.4 Å². The average Bonchev–Trinajstić information content (AvgIpc) is 3.71. The van der Waals surface area contributed by atoms with E-state index in [2.05, 4.69) is 80.5 Å². The number of unbranched alkanes of at least 4 members (excludes halogenated alkanes) is 2. The zero-order valence-electron chi connectivity index (χ0n) is 38.5. The van der Waals surface area contributed by atoms with Crippen LogP contribution in [0.2, 0.25) is 0 Å². The molecule has 6 rings (SSSR count). The minimum absolute atomic E-state index is 0.218. The molecule has 0 saturated heterocycles. The number of aliphatic imine (C=N–C) groups is 2. The summed E-state index contributed by atoms with van der Waals surface area (Å²) in [7, 11) is 6.18. The van der Waals surface area contributed by atoms with E-state index in [1.54, 1.807) is 38.4 Å². The predicted octanol–water partition coefficient (Wildman–Crippen LogP) is 8.04. The van der Waals surface area contributed by atoms with E-state index in [-0.39, 0.29) is 18.0 Å². The molecule has 0 spiro atoms. The molecular weight excluding hydrogens is 799 g/mol. The van der Waals surface area contributed by atoms with Crippen molar-refractivity contribution in [2.45, 2.75) is 92.7 Å². The van der Waals surface area contributed by atoms with Gasteiger partial charge >= 0.3 is 5.97 Å². The molecule has 0 aromatic heterocycles. The summed E-state index contributed by atoms with van der Waals surface area (Å²) in [4.78, 5) is 68.5. The van der Waals surface area contributed by atoms with E-state index in [0.29, 0.717) is 28.2 Å². The van der Waals surface area contributed by atoms with Gasteiger partial charge in [-0.3, -0.25) is 24.3 Å². The number of fused-ring (bicyclic) bond motifs is 2. The van der Waals surface area contributed by atoms with E-state index >= 15 is 0 Å². The SMILES string of the molecule is CCCCN1C=C(C(=O)N(C)OC)C=C2C1=NC(=CC=C1CCCC(C=CC3=NC4C(=CC(C(=O)N(C)OC)=CN4CCCC)C3(C)C)=C1Oc1ccc(C(=O)ON)cc1)C2(C)C. The summed E-state index contributed by atoms with van der Waals surface area (Å²) >= 11 is 0. The van der Waals surface area contributed by atoms with Gasteiger partial charge in [0.2, 0.25) is 0 Å². The maximum Gasteiger partial charge on any atom is 0.356 e. The molecule has 0 bridgehead atoms. The molecule has 2 amide bonds. The normalized spacial score (nSPS) is 21.3. The zero-order chi connectivity index (χ0) is 45.6. The molecule has 1 aromatic rings. The topological polar surface area (TPSA) is 152 Å². The minimum Gasteiger partial charge on any atom is -0.457 e. The molecule has 1 unspecified atom stereocenters. The van der Waals surface area contributed by atoms with Crippen molar-refractivity contribution >= 4 is 29.3 Å². The third kappa shape index (κ3) is 9.73. The van der Waals surface area contributed by atoms with Crippen molar-refractivity contribution < 1.29 is 33.6 Å². The summed E-state index contributed by atoms with van der Waals surface area (Å²) in [6, 6.07) is 6.70. The lowest BCUT2D eigenvalue weighted by Crippen LogP contribution is -2.38. The first-order chi connectivity index (χ1) is 30.1. The zero-order valence-corrected chi connectivity index (χ0v) is 38.5. The number of likely N-dealkylation sites (N-methyl/N-ethyl adjacent to an activating group) is 2. The smallest absolute Gasteiger partial charge is 0.356 e. The number of nitrogens with zero attached hydrogens (tertiary/aromatic N) is 6. The van der Waals surface area contributed by atoms with Crippen LogP contribution in [0.25, 0.3) is 0 Å². The van der Waals surface area contributed by atoms with E-state index in [9.17, 15) is 14.4 Å². The van der Waals surface area contributed by atoms with Gasteiger partial charge in [-0.25, -0.2) is 19.9 Å². The number of hydroxylamine groups is 4. The van der Waals surface area contributed by atoms with Crippen molar-refractivity contribution in [3.63, 3.8) is 0 Å². The number of rotatable bonds is 16. The molecular formula is C49H63N7O7. The summed E-state index contributed by atoms with van der Waals surface area (Å²) < 4.78 is 6.75. The fourth-order valence-corrected chi connectivity index (χ4v) is 8.25. The Morgan fingerprint density at radius 2 is 1.51 bits per heavy atom. The Morgan fingerprint density at radius 3 is 2.14 bits per heavy atom. The van der Waals surface area contributed by atoms with E-state index < -0.39 is 16.8 Å². The highest BCUT2D eigenvalue weighted by molar-refractivity contribution is 6.09. The molecule has 1 aliphatic carbocycles. The van der Waals surface area contributed by atoms with Crippen LogP contribution in [-0.2, 0) is 24.1 Å². The first kappa shape index (κ1) is 46.7. The van der Waals surface area contributed by atoms with Crippen molar-refractivity contribution in [2.75, 3.05) is 41.4 Å². The van der Waals surface area contributed by atoms with Crippen molar-refractivity contribution in [2.24, 2.45) is 26.7 Å². The van der Waals surface area contributed by atoms with Crippen LogP contribution in [-0.4, -0.2) is 96.8 Å². The van der Waals surface area contributed by atoms with Gasteiger partial charge in [-0.1, -0.05) is 66.5 Å². The monoisotopic (exact) mass is 861 g/mol. The molecule has 2 N–H and O–H groups in total. The maximum absolute atomic E-state index is 13.3. The Labute approximate surface area is 372 Å². The molecule has 0 radical (unpaired) electrons. The third-order valence-electron chi connectivity index (χ3n) is 12.4. The molecule has 63 heavy (non-hydrogen) atoms. The number of benzene rings is 1. The van der Waals surface area contributed by atoms with Crippen LogP contribution < -0.4 is 10.6 Å². The second kappa shape index (κ2) is 19.7. The van der Waals surface area contributed by atoms with Gasteiger partial charge in [0.05, 0.1) is 36.6 Å². The lowest BCUT2D eigenvalue weighted by molar-refractivity contribution is -0.164. The standard InChI is InChI=1S/C49H63N7O7/c1-11-13-26-55-30-35(45(57)53(7)60-9)28-38-43(55)51-40(48(38,3)4)24-20-32-16-15-17-33(42(32)62-37-22-18-34(19-23-37)47(59)63-50)21-25-41-49(5,6)39-29-36(46(58)54(8)61-10)31-56(27-14-12-2)44(39)52-41/h18-25,28-31,43H,11-17,26-27,50H2,1-10H3. The Morgan fingerprint density at radius 1 is 0.857 bits per heavy atom. The molecule has 4 heterocycles. The van der Waals surface area contributed by atoms with E-state index in [0.717, 1.165) is 97.6 Å². The Kier molecular flexibility index (Phi) is 14.6. The molecule has 1 atom stereocenters. The molecule has 0 fully saturated rings. The van der Waals surface area contributed by atoms with Crippen molar-refractivity contribution in [3.8, 4) is 5.75 Å². The van der Waals surface area contributed by atoms with Gasteiger partial charge in [0.15, 0.2) is 0 Å². The van der Waals surface area contributed by atoms with Gasteiger partial charge in [0, 0.05) is 61.7 Å². The quantitative estimate of drug-likeness (QED) is 0.162. The first-order valence-corrected chi connectivity index (χ1v) is 21.8. The fourth-order valence-electron chi connectivity index (χ4n) is 8.25. The number of hydrogen-bond acceptors (Lipinski definition) is 12. The number of carbonyl (C=O) groups excluding carboxylic acids is 3. The molecule has 4 aliphatic heterocycles. The number of amides is 2. The highest BCUT2D eigenvalue weighted by Crippen LogP contribution is 2.46. The van der Waals surface area contributed by atoms with Crippen molar-refractivity contribution in [1.29, 1.82) is 0 Å². The summed E-state index contributed by atoms with van der Waals surface area (Å²) in [5.41, 5.74) is 6.15. The highest BCUT2D eigenvalue weighted by atomic mass is 16.7. The number of carbonyl (C=O) groups is 3. The summed E-state index contributed by atoms with van der Waals surface area (Å²) in [6.07, 6.45) is 22.1. The van der Waals surface area contributed by atoms with Crippen LogP contribution in [0.4, 0.5) is 0 Å². The summed E-state index contributed by atoms with van der Waals surface area (Å²) in [5, 5.41) is 2.48. The number of nitrogens with two attached hydrogens (primary N) is 1. The third-order valence-corrected chi connectivity index (χ3v) is 12.4. The second-order valence-corrected chi connectivity index (χ2v) is 17.3. The van der Waals surface area contributed by atoms with Crippen molar-refractivity contribution in [1.82, 2.24) is 19.9 Å². The number of amidine groups is 1. The van der Waals surface area contributed by atoms with Crippen LogP contribution in [0.5, 0.6) is 5.75 Å². The summed E-state index contributed by atoms with van der Waals surface area (Å²) in [6.45, 7) is 14.3. The largest absolute Gasteiger partial charge is 0.457 e. The Bertz CT molecular complexity index is 2290. The predicted molar refractivity (Wildman–Crippen MR) is 244 cm³/mol.